The molecule has 18 heavy (non-hydrogen) atoms. The highest BCUT2D eigenvalue weighted by molar-refractivity contribution is 9.10. The van der Waals surface area contributed by atoms with E-state index >= 15 is 0 Å². The van der Waals surface area contributed by atoms with Crippen LogP contribution in [0.5, 0.6) is 0 Å². The lowest BCUT2D eigenvalue weighted by Gasteiger charge is -2.28. The minimum absolute atomic E-state index is 0.261. The number of hydrogen-bond donors (Lipinski definition) is 0. The number of rotatable bonds is 4. The van der Waals surface area contributed by atoms with Crippen molar-refractivity contribution in [1.29, 1.82) is 0 Å². The summed E-state index contributed by atoms with van der Waals surface area (Å²) in [5.41, 5.74) is 0. The van der Waals surface area contributed by atoms with Gasteiger partial charge in [-0.1, -0.05) is 19.8 Å². The Morgan fingerprint density at radius 1 is 1.50 bits per heavy atom. The summed E-state index contributed by atoms with van der Waals surface area (Å²) in [5.74, 6) is 0.261. The molecular weight excluding hydrogens is 310 g/mol. The quantitative estimate of drug-likeness (QED) is 0.765. The summed E-state index contributed by atoms with van der Waals surface area (Å²) in [4.78, 5) is 15.6. The number of hydrogen-bond acceptors (Lipinski definition) is 3. The number of Topliss-reactive ketones (excluding diaryl/α,β-unsaturated/α-hetero) is 1. The van der Waals surface area contributed by atoms with Crippen molar-refractivity contribution in [3.8, 4) is 0 Å². The molecule has 1 aromatic heterocycles. The van der Waals surface area contributed by atoms with Gasteiger partial charge in [0, 0.05) is 10.5 Å². The molecule has 4 heteroatoms. The molecule has 100 valence electrons. The lowest BCUT2D eigenvalue weighted by molar-refractivity contribution is 0.0894. The van der Waals surface area contributed by atoms with Crippen molar-refractivity contribution in [3.63, 3.8) is 0 Å². The second-order valence-electron chi connectivity index (χ2n) is 4.90. The van der Waals surface area contributed by atoms with Gasteiger partial charge in [-0.2, -0.15) is 0 Å². The third-order valence-electron chi connectivity index (χ3n) is 3.69. The first-order valence-corrected chi connectivity index (χ1v) is 8.40. The Morgan fingerprint density at radius 2 is 2.33 bits per heavy atom. The second kappa shape index (κ2) is 6.83. The average molecular weight is 330 g/mol. The van der Waals surface area contributed by atoms with Gasteiger partial charge in [0.15, 0.2) is 5.78 Å². The normalized spacial score (nSPS) is 21.8. The van der Waals surface area contributed by atoms with Gasteiger partial charge in [0.25, 0.3) is 0 Å². The van der Waals surface area contributed by atoms with Gasteiger partial charge in [0.05, 0.1) is 11.4 Å². The summed E-state index contributed by atoms with van der Waals surface area (Å²) in [5, 5.41) is 1.97. The first-order valence-electron chi connectivity index (χ1n) is 6.72. The SMILES string of the molecule is CCC1CCCCCN1CC(=O)c1sccc1Br. The highest BCUT2D eigenvalue weighted by atomic mass is 79.9. The maximum Gasteiger partial charge on any atom is 0.187 e. The summed E-state index contributed by atoms with van der Waals surface area (Å²) in [6.45, 7) is 3.89. The fourth-order valence-electron chi connectivity index (χ4n) is 2.66. The minimum Gasteiger partial charge on any atom is -0.293 e. The smallest absolute Gasteiger partial charge is 0.187 e. The van der Waals surface area contributed by atoms with Crippen LogP contribution in [0.2, 0.25) is 0 Å². The zero-order valence-electron chi connectivity index (χ0n) is 10.8. The Morgan fingerprint density at radius 3 is 3.00 bits per heavy atom. The van der Waals surface area contributed by atoms with Crippen LogP contribution < -0.4 is 0 Å². The van der Waals surface area contributed by atoms with Crippen molar-refractivity contribution in [2.24, 2.45) is 0 Å². The van der Waals surface area contributed by atoms with Crippen molar-refractivity contribution in [2.75, 3.05) is 13.1 Å². The average Bonchev–Trinajstić information content (AvgIpc) is 2.66. The summed E-state index contributed by atoms with van der Waals surface area (Å²) in [6.07, 6.45) is 6.25. The molecule has 1 fully saturated rings. The fraction of sp³-hybridized carbons (Fsp3) is 0.643. The molecule has 1 aliphatic heterocycles. The van der Waals surface area contributed by atoms with Gasteiger partial charge in [0.2, 0.25) is 0 Å². The van der Waals surface area contributed by atoms with Gasteiger partial charge in [-0.25, -0.2) is 0 Å². The lowest BCUT2D eigenvalue weighted by atomic mass is 10.1. The third-order valence-corrected chi connectivity index (χ3v) is 5.57. The number of carbonyl (C=O) groups excluding carboxylic acids is 1. The molecule has 0 N–H and O–H groups in total. The van der Waals surface area contributed by atoms with Crippen LogP contribution in [-0.4, -0.2) is 29.8 Å². The molecule has 0 radical (unpaired) electrons. The Bertz CT molecular complexity index is 404. The Balaban J connectivity index is 2.02. The van der Waals surface area contributed by atoms with Crippen LogP contribution in [0, 0.1) is 0 Å². The summed E-state index contributed by atoms with van der Waals surface area (Å²) < 4.78 is 0.945. The molecule has 1 atom stereocenters. The molecule has 0 bridgehead atoms. The van der Waals surface area contributed by atoms with Crippen LogP contribution >= 0.6 is 27.3 Å². The van der Waals surface area contributed by atoms with Gasteiger partial charge in [-0.15, -0.1) is 11.3 Å². The molecule has 2 rings (SSSR count). The van der Waals surface area contributed by atoms with Gasteiger partial charge >= 0.3 is 0 Å². The molecule has 1 aromatic rings. The van der Waals surface area contributed by atoms with E-state index in [1.165, 1.54) is 37.0 Å². The third kappa shape index (κ3) is 3.43. The van der Waals surface area contributed by atoms with Gasteiger partial charge in [-0.05, 0) is 53.2 Å². The predicted molar refractivity (Wildman–Crippen MR) is 80.5 cm³/mol. The molecule has 0 aliphatic carbocycles. The van der Waals surface area contributed by atoms with E-state index in [2.05, 4.69) is 27.8 Å². The van der Waals surface area contributed by atoms with Gasteiger partial charge in [0.1, 0.15) is 0 Å². The minimum atomic E-state index is 0.261. The highest BCUT2D eigenvalue weighted by Crippen LogP contribution is 2.25. The topological polar surface area (TPSA) is 20.3 Å². The Labute approximate surface area is 122 Å². The van der Waals surface area contributed by atoms with Gasteiger partial charge < -0.3 is 0 Å². The predicted octanol–water partition coefficient (Wildman–Crippen LogP) is 4.35. The Hall–Kier alpha value is -0.190. The van der Waals surface area contributed by atoms with Crippen LogP contribution in [-0.2, 0) is 0 Å². The van der Waals surface area contributed by atoms with E-state index in [1.54, 1.807) is 0 Å². The first-order chi connectivity index (χ1) is 8.72. The lowest BCUT2D eigenvalue weighted by Crippen LogP contribution is -2.38. The Kier molecular flexibility index (Phi) is 5.39. The number of ketones is 1. The zero-order valence-corrected chi connectivity index (χ0v) is 13.2. The van der Waals surface area contributed by atoms with Gasteiger partial charge in [-0.3, -0.25) is 9.69 Å². The molecule has 2 heterocycles. The van der Waals surface area contributed by atoms with Crippen molar-refractivity contribution >= 4 is 33.0 Å². The molecule has 0 amide bonds. The number of halogens is 1. The van der Waals surface area contributed by atoms with Crippen molar-refractivity contribution < 1.29 is 4.79 Å². The maximum absolute atomic E-state index is 12.3. The van der Waals surface area contributed by atoms with Crippen molar-refractivity contribution in [2.45, 2.75) is 45.1 Å². The number of carbonyl (C=O) groups is 1. The van der Waals surface area contributed by atoms with E-state index in [-0.39, 0.29) is 5.78 Å². The van der Waals surface area contributed by atoms with Crippen LogP contribution in [0.1, 0.15) is 48.7 Å². The monoisotopic (exact) mass is 329 g/mol. The number of thiophene rings is 1. The largest absolute Gasteiger partial charge is 0.293 e. The molecule has 1 aliphatic rings. The van der Waals surface area contributed by atoms with Crippen molar-refractivity contribution in [3.05, 3.63) is 20.8 Å². The zero-order chi connectivity index (χ0) is 13.0. The number of nitrogens with zero attached hydrogens (tertiary/aromatic N) is 1. The molecule has 0 saturated carbocycles. The summed E-state index contributed by atoms with van der Waals surface area (Å²) in [6, 6.07) is 2.55. The van der Waals surface area contributed by atoms with Crippen LogP contribution in [0.15, 0.2) is 15.9 Å². The fourth-order valence-corrected chi connectivity index (χ4v) is 4.18. The van der Waals surface area contributed by atoms with E-state index in [0.29, 0.717) is 12.6 Å². The number of likely N-dealkylation sites (tertiary alicyclic amines) is 1. The maximum atomic E-state index is 12.3. The van der Waals surface area contributed by atoms with E-state index in [1.807, 2.05) is 11.4 Å². The van der Waals surface area contributed by atoms with Crippen LogP contribution in [0.3, 0.4) is 0 Å². The standard InChI is InChI=1S/C14H20BrNOS/c1-2-11-6-4-3-5-8-16(11)10-13(17)14-12(15)7-9-18-14/h7,9,11H,2-6,8,10H2,1H3. The van der Waals surface area contributed by atoms with Crippen molar-refractivity contribution in [1.82, 2.24) is 4.90 Å². The van der Waals surface area contributed by atoms with Crippen LogP contribution in [0.25, 0.3) is 0 Å². The molecule has 0 spiro atoms. The van der Waals surface area contributed by atoms with E-state index in [9.17, 15) is 4.79 Å². The molecule has 2 nitrogen and oxygen atoms in total. The molecule has 1 saturated heterocycles. The van der Waals surface area contributed by atoms with Crippen LogP contribution in [0.4, 0.5) is 0 Å². The molecule has 0 aromatic carbocycles. The molecular formula is C14H20BrNOS. The molecule has 1 unspecified atom stereocenters. The van der Waals surface area contributed by atoms with E-state index < -0.39 is 0 Å². The second-order valence-corrected chi connectivity index (χ2v) is 6.67. The summed E-state index contributed by atoms with van der Waals surface area (Å²) >= 11 is 4.99. The van der Waals surface area contributed by atoms with E-state index in [4.69, 9.17) is 0 Å². The van der Waals surface area contributed by atoms with E-state index in [0.717, 1.165) is 22.3 Å². The highest BCUT2D eigenvalue weighted by Gasteiger charge is 2.23. The summed E-state index contributed by atoms with van der Waals surface area (Å²) in [7, 11) is 0. The first kappa shape index (κ1) is 14.2.